The predicted octanol–water partition coefficient (Wildman–Crippen LogP) is 0.667. The molecule has 4 aliphatic rings. The first-order chi connectivity index (χ1) is 9.91. The Morgan fingerprint density at radius 3 is 1.62 bits per heavy atom. The Morgan fingerprint density at radius 2 is 1.29 bits per heavy atom. The number of hydrogen-bond acceptors (Lipinski definition) is 6. The normalized spacial score (nSPS) is 40.9. The Kier molecular flexibility index (Phi) is 2.97. The van der Waals surface area contributed by atoms with E-state index in [9.17, 15) is 19.2 Å². The molecule has 4 aliphatic carbocycles. The third kappa shape index (κ3) is 1.59. The van der Waals surface area contributed by atoms with Gasteiger partial charge in [-0.2, -0.15) is 0 Å². The number of ether oxygens (including phenoxy) is 2. The van der Waals surface area contributed by atoms with Crippen LogP contribution in [0.5, 0.6) is 0 Å². The van der Waals surface area contributed by atoms with Gasteiger partial charge in [0.1, 0.15) is 10.8 Å². The van der Waals surface area contributed by atoms with Crippen LogP contribution in [0.3, 0.4) is 0 Å². The number of hydrogen-bond donors (Lipinski definition) is 0. The Morgan fingerprint density at radius 1 is 0.905 bits per heavy atom. The molecule has 0 aromatic carbocycles. The van der Waals surface area contributed by atoms with E-state index in [0.29, 0.717) is 12.8 Å². The average molecular weight is 294 g/mol. The summed E-state index contributed by atoms with van der Waals surface area (Å²) in [5, 5.41) is 0. The summed E-state index contributed by atoms with van der Waals surface area (Å²) in [6, 6.07) is 0. The molecule has 0 aliphatic heterocycles. The summed E-state index contributed by atoms with van der Waals surface area (Å²) >= 11 is 0. The first kappa shape index (κ1) is 14.2. The molecule has 0 unspecified atom stereocenters. The van der Waals surface area contributed by atoms with E-state index in [1.165, 1.54) is 14.2 Å². The lowest BCUT2D eigenvalue weighted by Crippen LogP contribution is -2.61. The van der Waals surface area contributed by atoms with Crippen molar-refractivity contribution in [3.8, 4) is 0 Å². The highest BCUT2D eigenvalue weighted by Crippen LogP contribution is 2.60. The second-order valence-corrected chi connectivity index (χ2v) is 6.43. The van der Waals surface area contributed by atoms with Crippen LogP contribution in [0.2, 0.25) is 0 Å². The molecule has 114 valence electrons. The van der Waals surface area contributed by atoms with Crippen LogP contribution in [0.15, 0.2) is 0 Å². The number of fused-ring (bicyclic) bond motifs is 1. The average Bonchev–Trinajstić information content (AvgIpc) is 2.66. The molecular weight excluding hydrogens is 276 g/mol. The number of carbonyl (C=O) groups is 4. The van der Waals surface area contributed by atoms with Gasteiger partial charge >= 0.3 is 11.9 Å². The maximum atomic E-state index is 12.7. The first-order valence-electron chi connectivity index (χ1n) is 7.17. The van der Waals surface area contributed by atoms with Crippen LogP contribution in [-0.4, -0.2) is 37.7 Å². The molecule has 4 bridgehead atoms. The third-order valence-corrected chi connectivity index (χ3v) is 5.49. The molecule has 0 N–H and O–H groups in total. The lowest BCUT2D eigenvalue weighted by Gasteiger charge is -2.49. The van der Waals surface area contributed by atoms with Gasteiger partial charge in [-0.15, -0.1) is 0 Å². The summed E-state index contributed by atoms with van der Waals surface area (Å²) in [5.74, 6) is -2.44. The second kappa shape index (κ2) is 4.39. The van der Waals surface area contributed by atoms with Crippen LogP contribution >= 0.6 is 0 Å². The molecular formula is C15H18O6. The minimum Gasteiger partial charge on any atom is -0.468 e. The molecule has 6 heteroatoms. The fourth-order valence-corrected chi connectivity index (χ4v) is 4.61. The molecule has 0 aromatic rings. The van der Waals surface area contributed by atoms with Crippen molar-refractivity contribution in [2.75, 3.05) is 14.2 Å². The van der Waals surface area contributed by atoms with Crippen molar-refractivity contribution in [1.82, 2.24) is 0 Å². The summed E-state index contributed by atoms with van der Waals surface area (Å²) in [5.41, 5.74) is -2.69. The summed E-state index contributed by atoms with van der Waals surface area (Å²) in [6.07, 6.45) is 1.35. The maximum absolute atomic E-state index is 12.7. The maximum Gasteiger partial charge on any atom is 0.319 e. The van der Waals surface area contributed by atoms with Crippen LogP contribution in [0.25, 0.3) is 0 Å². The van der Waals surface area contributed by atoms with E-state index < -0.39 is 34.6 Å². The van der Waals surface area contributed by atoms with Gasteiger partial charge in [0, 0.05) is 11.8 Å². The fourth-order valence-electron chi connectivity index (χ4n) is 4.61. The molecule has 4 fully saturated rings. The largest absolute Gasteiger partial charge is 0.468 e. The van der Waals surface area contributed by atoms with Crippen molar-refractivity contribution in [1.29, 1.82) is 0 Å². The van der Waals surface area contributed by atoms with Crippen LogP contribution < -0.4 is 0 Å². The molecule has 0 heterocycles. The number of methoxy groups -OCH3 is 2. The third-order valence-electron chi connectivity index (χ3n) is 5.49. The zero-order chi connectivity index (χ0) is 15.4. The highest BCUT2D eigenvalue weighted by atomic mass is 16.5. The second-order valence-electron chi connectivity index (χ2n) is 6.43. The highest BCUT2D eigenvalue weighted by molar-refractivity contribution is 6.14. The predicted molar refractivity (Wildman–Crippen MR) is 69.0 cm³/mol. The number of carbonyl (C=O) groups excluding carboxylic acids is 4. The molecule has 4 rings (SSSR count). The molecule has 0 saturated heterocycles. The zero-order valence-electron chi connectivity index (χ0n) is 12.1. The molecule has 4 atom stereocenters. The highest BCUT2D eigenvalue weighted by Gasteiger charge is 2.70. The van der Waals surface area contributed by atoms with E-state index in [0.717, 1.165) is 0 Å². The van der Waals surface area contributed by atoms with E-state index in [-0.39, 0.29) is 30.8 Å². The van der Waals surface area contributed by atoms with Gasteiger partial charge in [0.05, 0.1) is 14.2 Å². The van der Waals surface area contributed by atoms with Gasteiger partial charge in [0.25, 0.3) is 0 Å². The lowest BCUT2D eigenvalue weighted by atomic mass is 9.50. The summed E-state index contributed by atoms with van der Waals surface area (Å²) in [6.45, 7) is 0. The van der Waals surface area contributed by atoms with Crippen molar-refractivity contribution in [2.45, 2.75) is 32.1 Å². The summed E-state index contributed by atoms with van der Waals surface area (Å²) in [4.78, 5) is 50.0. The minimum atomic E-state index is -1.35. The van der Waals surface area contributed by atoms with Gasteiger partial charge in [0.2, 0.25) is 0 Å². The lowest BCUT2D eigenvalue weighted by molar-refractivity contribution is -0.182. The van der Waals surface area contributed by atoms with Crippen molar-refractivity contribution in [2.24, 2.45) is 22.7 Å². The van der Waals surface area contributed by atoms with Crippen molar-refractivity contribution in [3.05, 3.63) is 0 Å². The van der Waals surface area contributed by atoms with Crippen LogP contribution in [0.1, 0.15) is 32.1 Å². The Labute approximate surface area is 122 Å². The van der Waals surface area contributed by atoms with E-state index >= 15 is 0 Å². The number of Topliss-reactive ketones (excluding diaryl/α,β-unsaturated/α-hetero) is 2. The number of ketones is 2. The van der Waals surface area contributed by atoms with Gasteiger partial charge in [0.15, 0.2) is 11.6 Å². The van der Waals surface area contributed by atoms with Gasteiger partial charge < -0.3 is 9.47 Å². The van der Waals surface area contributed by atoms with E-state index in [4.69, 9.17) is 9.47 Å². The topological polar surface area (TPSA) is 86.7 Å². The van der Waals surface area contributed by atoms with Gasteiger partial charge in [-0.05, 0) is 32.1 Å². The van der Waals surface area contributed by atoms with Crippen molar-refractivity contribution in [3.63, 3.8) is 0 Å². The van der Waals surface area contributed by atoms with Crippen molar-refractivity contribution < 1.29 is 28.7 Å². The molecule has 6 nitrogen and oxygen atoms in total. The van der Waals surface area contributed by atoms with Crippen LogP contribution in [0, 0.1) is 22.7 Å². The quantitative estimate of drug-likeness (QED) is 0.549. The SMILES string of the molecule is COC(=O)[C@@]12C[C@@H]3CC[C@@H](C[C@](C(=O)OC)(C1)C3=O)C2=O. The van der Waals surface area contributed by atoms with Crippen LogP contribution in [-0.2, 0) is 28.7 Å². The molecule has 0 aromatic heterocycles. The molecule has 0 amide bonds. The standard InChI is InChI=1S/C15H18O6/c1-20-12(18)14-5-8-3-4-9(10(14)16)6-15(7-14,11(8)17)13(19)21-2/h8-9H,3-7H2,1-2H3/t8-,9-,14-,15-/m0/s1. The molecule has 4 saturated carbocycles. The van der Waals surface area contributed by atoms with E-state index in [1.54, 1.807) is 0 Å². The smallest absolute Gasteiger partial charge is 0.319 e. The summed E-state index contributed by atoms with van der Waals surface area (Å²) in [7, 11) is 2.47. The Bertz CT molecular complexity index is 504. The first-order valence-corrected chi connectivity index (χ1v) is 7.17. The minimum absolute atomic E-state index is 0.0932. The van der Waals surface area contributed by atoms with Crippen LogP contribution in [0.4, 0.5) is 0 Å². The van der Waals surface area contributed by atoms with Crippen molar-refractivity contribution >= 4 is 23.5 Å². The Hall–Kier alpha value is -1.72. The summed E-state index contributed by atoms with van der Waals surface area (Å²) < 4.78 is 9.66. The zero-order valence-corrected chi connectivity index (χ0v) is 12.1. The molecule has 21 heavy (non-hydrogen) atoms. The Balaban J connectivity index is 2.18. The van der Waals surface area contributed by atoms with E-state index in [2.05, 4.69) is 0 Å². The fraction of sp³-hybridized carbons (Fsp3) is 0.733. The monoisotopic (exact) mass is 294 g/mol. The number of esters is 2. The van der Waals surface area contributed by atoms with Gasteiger partial charge in [-0.1, -0.05) is 0 Å². The van der Waals surface area contributed by atoms with Gasteiger partial charge in [-0.3, -0.25) is 19.2 Å². The van der Waals surface area contributed by atoms with E-state index in [1.807, 2.05) is 0 Å². The molecule has 0 radical (unpaired) electrons. The molecule has 0 spiro atoms. The van der Waals surface area contributed by atoms with Gasteiger partial charge in [-0.25, -0.2) is 0 Å². The number of rotatable bonds is 2.